The standard InChI is InChI=1S/C19H31N3O6S/c1-13(2)19(14(3)4)20-18(23)8-7-11-21(29(6,26)27)16-12-15(22(24)25)9-10-17(16)28-5/h9-10,12-14,19H,7-8,11H2,1-6H3,(H,20,23). The fourth-order valence-electron chi connectivity index (χ4n) is 3.20. The lowest BCUT2D eigenvalue weighted by Gasteiger charge is -2.27. The number of ether oxygens (including phenoxy) is 1. The van der Waals surface area contributed by atoms with Crippen molar-refractivity contribution in [3.63, 3.8) is 0 Å². The number of nitrogens with one attached hydrogen (secondary N) is 1. The second kappa shape index (κ2) is 10.4. The fraction of sp³-hybridized carbons (Fsp3) is 0.632. The number of benzene rings is 1. The third-order valence-corrected chi connectivity index (χ3v) is 5.75. The molecule has 0 aromatic heterocycles. The van der Waals surface area contributed by atoms with Crippen LogP contribution in [-0.4, -0.2) is 45.2 Å². The highest BCUT2D eigenvalue weighted by Crippen LogP contribution is 2.33. The first kappa shape index (κ1) is 24.7. The number of amides is 1. The molecule has 0 radical (unpaired) electrons. The van der Waals surface area contributed by atoms with Gasteiger partial charge >= 0.3 is 0 Å². The number of sulfonamides is 1. The van der Waals surface area contributed by atoms with Crippen molar-refractivity contribution in [3.05, 3.63) is 28.3 Å². The van der Waals surface area contributed by atoms with Gasteiger partial charge in [-0.15, -0.1) is 0 Å². The van der Waals surface area contributed by atoms with Crippen LogP contribution >= 0.6 is 0 Å². The van der Waals surface area contributed by atoms with E-state index < -0.39 is 14.9 Å². The van der Waals surface area contributed by atoms with Gasteiger partial charge in [-0.25, -0.2) is 8.42 Å². The van der Waals surface area contributed by atoms with E-state index in [2.05, 4.69) is 5.32 Å². The Morgan fingerprint density at radius 3 is 2.28 bits per heavy atom. The topological polar surface area (TPSA) is 119 Å². The third kappa shape index (κ3) is 7.19. The van der Waals surface area contributed by atoms with Gasteiger partial charge in [0.25, 0.3) is 5.69 Å². The van der Waals surface area contributed by atoms with Crippen LogP contribution in [0.3, 0.4) is 0 Å². The van der Waals surface area contributed by atoms with E-state index in [-0.39, 0.29) is 60.3 Å². The molecule has 1 N–H and O–H groups in total. The van der Waals surface area contributed by atoms with E-state index >= 15 is 0 Å². The Labute approximate surface area is 172 Å². The van der Waals surface area contributed by atoms with Crippen LogP contribution in [0.1, 0.15) is 40.5 Å². The Hall–Kier alpha value is -2.36. The van der Waals surface area contributed by atoms with E-state index in [1.807, 2.05) is 27.7 Å². The zero-order chi connectivity index (χ0) is 22.4. The summed E-state index contributed by atoms with van der Waals surface area (Å²) in [5.41, 5.74) is -0.171. The maximum atomic E-state index is 12.3. The highest BCUT2D eigenvalue weighted by Gasteiger charge is 2.24. The molecule has 164 valence electrons. The van der Waals surface area contributed by atoms with Gasteiger partial charge < -0.3 is 10.1 Å². The van der Waals surface area contributed by atoms with Crippen molar-refractivity contribution in [1.82, 2.24) is 5.32 Å². The summed E-state index contributed by atoms with van der Waals surface area (Å²) in [5.74, 6) is 0.600. The summed E-state index contributed by atoms with van der Waals surface area (Å²) >= 11 is 0. The van der Waals surface area contributed by atoms with Gasteiger partial charge in [0.2, 0.25) is 15.9 Å². The minimum atomic E-state index is -3.74. The van der Waals surface area contributed by atoms with Gasteiger partial charge in [-0.3, -0.25) is 19.2 Å². The van der Waals surface area contributed by atoms with Crippen LogP contribution in [0.2, 0.25) is 0 Å². The SMILES string of the molecule is COc1ccc([N+](=O)[O-])cc1N(CCCC(=O)NC(C(C)C)C(C)C)S(C)(=O)=O. The van der Waals surface area contributed by atoms with Gasteiger partial charge in [0, 0.05) is 31.1 Å². The fourth-order valence-corrected chi connectivity index (χ4v) is 4.16. The van der Waals surface area contributed by atoms with Crippen molar-refractivity contribution >= 4 is 27.3 Å². The van der Waals surface area contributed by atoms with Crippen molar-refractivity contribution in [2.75, 3.05) is 24.2 Å². The molecule has 0 saturated carbocycles. The average Bonchev–Trinajstić information content (AvgIpc) is 2.61. The molecule has 1 aromatic rings. The molecular weight excluding hydrogens is 398 g/mol. The number of hydrogen-bond donors (Lipinski definition) is 1. The predicted octanol–water partition coefficient (Wildman–Crippen LogP) is 2.95. The van der Waals surface area contributed by atoms with E-state index in [0.717, 1.165) is 16.6 Å². The summed E-state index contributed by atoms with van der Waals surface area (Å²) in [4.78, 5) is 22.8. The Balaban J connectivity index is 2.97. The van der Waals surface area contributed by atoms with E-state index in [1.165, 1.54) is 19.2 Å². The first-order valence-corrected chi connectivity index (χ1v) is 11.3. The quantitative estimate of drug-likeness (QED) is 0.427. The Morgan fingerprint density at radius 1 is 1.24 bits per heavy atom. The van der Waals surface area contributed by atoms with Crippen molar-refractivity contribution in [3.8, 4) is 5.75 Å². The first-order valence-electron chi connectivity index (χ1n) is 9.48. The molecule has 1 rings (SSSR count). The summed E-state index contributed by atoms with van der Waals surface area (Å²) in [6.45, 7) is 8.13. The maximum absolute atomic E-state index is 12.3. The number of non-ortho nitro benzene ring substituents is 1. The number of anilines is 1. The van der Waals surface area contributed by atoms with Crippen LogP contribution in [-0.2, 0) is 14.8 Å². The van der Waals surface area contributed by atoms with Gasteiger partial charge in [0.05, 0.1) is 18.3 Å². The van der Waals surface area contributed by atoms with E-state index in [9.17, 15) is 23.3 Å². The number of rotatable bonds is 11. The second-order valence-corrected chi connectivity index (χ2v) is 9.54. The molecule has 0 atom stereocenters. The largest absolute Gasteiger partial charge is 0.495 e. The lowest BCUT2D eigenvalue weighted by atomic mass is 9.93. The van der Waals surface area contributed by atoms with Crippen molar-refractivity contribution in [2.24, 2.45) is 11.8 Å². The Kier molecular flexibility index (Phi) is 8.87. The summed E-state index contributed by atoms with van der Waals surface area (Å²) in [7, 11) is -2.38. The van der Waals surface area contributed by atoms with Crippen LogP contribution < -0.4 is 14.4 Å². The Morgan fingerprint density at radius 2 is 1.83 bits per heavy atom. The normalized spacial score (nSPS) is 11.8. The van der Waals surface area contributed by atoms with Gasteiger partial charge in [-0.1, -0.05) is 27.7 Å². The molecule has 1 amide bonds. The zero-order valence-corrected chi connectivity index (χ0v) is 18.7. The highest BCUT2D eigenvalue weighted by atomic mass is 32.2. The molecule has 0 aliphatic heterocycles. The molecule has 0 bridgehead atoms. The molecule has 0 aliphatic carbocycles. The van der Waals surface area contributed by atoms with Gasteiger partial charge in [0.15, 0.2) is 0 Å². The molecule has 29 heavy (non-hydrogen) atoms. The molecule has 0 unspecified atom stereocenters. The lowest BCUT2D eigenvalue weighted by Crippen LogP contribution is -2.42. The molecule has 0 spiro atoms. The summed E-state index contributed by atoms with van der Waals surface area (Å²) in [5, 5.41) is 14.1. The molecular formula is C19H31N3O6S. The summed E-state index contributed by atoms with van der Waals surface area (Å²) in [6, 6.07) is 3.79. The second-order valence-electron chi connectivity index (χ2n) is 7.63. The van der Waals surface area contributed by atoms with E-state index in [4.69, 9.17) is 4.74 Å². The highest BCUT2D eigenvalue weighted by molar-refractivity contribution is 7.92. The predicted molar refractivity (Wildman–Crippen MR) is 113 cm³/mol. The molecule has 0 aliphatic rings. The molecule has 10 heteroatoms. The summed E-state index contributed by atoms with van der Waals surface area (Å²) in [6.07, 6.45) is 1.41. The summed E-state index contributed by atoms with van der Waals surface area (Å²) < 4.78 is 30.8. The van der Waals surface area contributed by atoms with Crippen LogP contribution in [0.5, 0.6) is 5.75 Å². The van der Waals surface area contributed by atoms with Gasteiger partial charge in [-0.2, -0.15) is 0 Å². The molecule has 0 heterocycles. The molecule has 1 aromatic carbocycles. The average molecular weight is 430 g/mol. The maximum Gasteiger partial charge on any atom is 0.271 e. The minimum Gasteiger partial charge on any atom is -0.495 e. The number of nitro groups is 1. The number of nitrogens with zero attached hydrogens (tertiary/aromatic N) is 2. The van der Waals surface area contributed by atoms with Gasteiger partial charge in [0.1, 0.15) is 11.4 Å². The number of carbonyl (C=O) groups is 1. The van der Waals surface area contributed by atoms with Crippen LogP contribution in [0.25, 0.3) is 0 Å². The number of methoxy groups -OCH3 is 1. The van der Waals surface area contributed by atoms with E-state index in [0.29, 0.717) is 0 Å². The van der Waals surface area contributed by atoms with Crippen molar-refractivity contribution < 1.29 is 22.9 Å². The van der Waals surface area contributed by atoms with Crippen LogP contribution in [0.15, 0.2) is 18.2 Å². The zero-order valence-electron chi connectivity index (χ0n) is 17.8. The van der Waals surface area contributed by atoms with Crippen molar-refractivity contribution in [1.29, 1.82) is 0 Å². The lowest BCUT2D eigenvalue weighted by molar-refractivity contribution is -0.384. The number of carbonyl (C=O) groups excluding carboxylic acids is 1. The van der Waals surface area contributed by atoms with Crippen molar-refractivity contribution in [2.45, 2.75) is 46.6 Å². The third-order valence-electron chi connectivity index (χ3n) is 4.57. The van der Waals surface area contributed by atoms with Crippen LogP contribution in [0, 0.1) is 22.0 Å². The molecule has 0 saturated heterocycles. The first-order chi connectivity index (χ1) is 13.4. The smallest absolute Gasteiger partial charge is 0.271 e. The van der Waals surface area contributed by atoms with Gasteiger partial charge in [-0.05, 0) is 24.3 Å². The monoisotopic (exact) mass is 429 g/mol. The minimum absolute atomic E-state index is 0.00218. The van der Waals surface area contributed by atoms with E-state index in [1.54, 1.807) is 0 Å². The number of nitro benzene ring substituents is 1. The Bertz CT molecular complexity index is 815. The number of hydrogen-bond acceptors (Lipinski definition) is 6. The molecule has 9 nitrogen and oxygen atoms in total. The van der Waals surface area contributed by atoms with Crippen LogP contribution in [0.4, 0.5) is 11.4 Å². The molecule has 0 fully saturated rings.